The van der Waals surface area contributed by atoms with E-state index in [9.17, 15) is 4.39 Å². The van der Waals surface area contributed by atoms with Crippen LogP contribution in [0.2, 0.25) is 0 Å². The van der Waals surface area contributed by atoms with Crippen molar-refractivity contribution in [1.29, 1.82) is 5.26 Å². The van der Waals surface area contributed by atoms with Crippen LogP contribution in [0.4, 0.5) is 10.2 Å². The number of anilines is 1. The second-order valence-corrected chi connectivity index (χ2v) is 8.23. The van der Waals surface area contributed by atoms with Gasteiger partial charge in [-0.25, -0.2) is 9.07 Å². The summed E-state index contributed by atoms with van der Waals surface area (Å²) in [5.74, 6) is 1.54. The van der Waals surface area contributed by atoms with E-state index in [2.05, 4.69) is 10.6 Å². The summed E-state index contributed by atoms with van der Waals surface area (Å²) in [6.45, 7) is 0.846. The zero-order chi connectivity index (χ0) is 22.5. The molecule has 0 amide bonds. The third kappa shape index (κ3) is 4.76. The van der Waals surface area contributed by atoms with Gasteiger partial charge in [0.2, 0.25) is 0 Å². The van der Waals surface area contributed by atoms with Gasteiger partial charge in [-0.05, 0) is 68.6 Å². The molecule has 0 saturated heterocycles. The van der Waals surface area contributed by atoms with Crippen molar-refractivity contribution in [2.75, 3.05) is 26.0 Å². The Bertz CT molecular complexity index is 1100. The molecule has 0 unspecified atom stereocenters. The summed E-state index contributed by atoms with van der Waals surface area (Å²) in [6.07, 6.45) is 4.82. The van der Waals surface area contributed by atoms with Gasteiger partial charge in [-0.15, -0.1) is 5.10 Å². The molecule has 2 atom stereocenters. The normalized spacial score (nSPS) is 18.2. The van der Waals surface area contributed by atoms with Gasteiger partial charge < -0.3 is 15.4 Å². The van der Waals surface area contributed by atoms with Gasteiger partial charge in [0.1, 0.15) is 23.5 Å². The van der Waals surface area contributed by atoms with Crippen molar-refractivity contribution < 1.29 is 9.13 Å². The van der Waals surface area contributed by atoms with E-state index in [0.717, 1.165) is 35.9 Å². The average molecular weight is 434 g/mol. The van der Waals surface area contributed by atoms with Crippen LogP contribution in [0.25, 0.3) is 16.9 Å². The number of nitrogens with one attached hydrogen (secondary N) is 2. The number of nitrogens with zero attached hydrogens (tertiary/aromatic N) is 3. The quantitative estimate of drug-likeness (QED) is 0.563. The Morgan fingerprint density at radius 3 is 2.69 bits per heavy atom. The maximum absolute atomic E-state index is 14.3. The molecule has 6 nitrogen and oxygen atoms in total. The molecule has 3 aromatic rings. The number of methoxy groups -OCH3 is 1. The molecule has 0 spiro atoms. The lowest BCUT2D eigenvalue weighted by Crippen LogP contribution is -2.33. The molecule has 166 valence electrons. The standard InChI is InChI=1S/C25H28FN5O/c1-28-20-5-3-4-17(12-20)16-29-25-14-24(18-6-7-19(15-27)23(26)13-18)31(30-25)21-8-10-22(32-2)11-9-21/h6-11,13-14,17,20,28H,3-5,12,16H2,1-2H3,(H,29,30)/t17-,20+/m1/s1. The first-order valence-corrected chi connectivity index (χ1v) is 11.0. The van der Waals surface area contributed by atoms with Gasteiger partial charge in [-0.2, -0.15) is 5.26 Å². The number of benzene rings is 2. The molecular weight excluding hydrogens is 405 g/mol. The smallest absolute Gasteiger partial charge is 0.149 e. The molecule has 1 aromatic heterocycles. The van der Waals surface area contributed by atoms with E-state index in [1.807, 2.05) is 43.4 Å². The van der Waals surface area contributed by atoms with Crippen molar-refractivity contribution in [2.45, 2.75) is 31.7 Å². The first kappa shape index (κ1) is 21.8. The Morgan fingerprint density at radius 1 is 1.19 bits per heavy atom. The van der Waals surface area contributed by atoms with Crippen LogP contribution in [0.5, 0.6) is 5.75 Å². The van der Waals surface area contributed by atoms with Crippen LogP contribution in [0, 0.1) is 23.1 Å². The molecule has 32 heavy (non-hydrogen) atoms. The summed E-state index contributed by atoms with van der Waals surface area (Å²) >= 11 is 0. The Hall–Kier alpha value is -3.37. The third-order valence-electron chi connectivity index (χ3n) is 6.17. The van der Waals surface area contributed by atoms with E-state index in [4.69, 9.17) is 15.1 Å². The van der Waals surface area contributed by atoms with Gasteiger partial charge in [-0.1, -0.05) is 12.5 Å². The molecule has 0 aliphatic heterocycles. The van der Waals surface area contributed by atoms with E-state index in [0.29, 0.717) is 17.5 Å². The number of ether oxygens (including phenoxy) is 1. The fourth-order valence-electron chi connectivity index (χ4n) is 4.35. The molecule has 1 fully saturated rings. The topological polar surface area (TPSA) is 74.9 Å². The lowest BCUT2D eigenvalue weighted by atomic mass is 9.86. The molecule has 2 aromatic carbocycles. The zero-order valence-corrected chi connectivity index (χ0v) is 18.4. The molecule has 1 aliphatic carbocycles. The summed E-state index contributed by atoms with van der Waals surface area (Å²) in [5, 5.41) is 20.7. The van der Waals surface area contributed by atoms with Gasteiger partial charge in [0, 0.05) is 24.2 Å². The van der Waals surface area contributed by atoms with Crippen LogP contribution in [-0.4, -0.2) is 36.5 Å². The van der Waals surface area contributed by atoms with Crippen molar-refractivity contribution in [1.82, 2.24) is 15.1 Å². The van der Waals surface area contributed by atoms with E-state index in [1.165, 1.54) is 31.4 Å². The second kappa shape index (κ2) is 9.84. The van der Waals surface area contributed by atoms with E-state index >= 15 is 0 Å². The molecule has 4 rings (SSSR count). The minimum atomic E-state index is -0.540. The highest BCUT2D eigenvalue weighted by molar-refractivity contribution is 5.67. The van der Waals surface area contributed by atoms with Crippen molar-refractivity contribution in [3.63, 3.8) is 0 Å². The number of halogens is 1. The molecule has 0 bridgehead atoms. The highest BCUT2D eigenvalue weighted by atomic mass is 19.1. The Kier molecular flexibility index (Phi) is 6.72. The maximum Gasteiger partial charge on any atom is 0.149 e. The fraction of sp³-hybridized carbons (Fsp3) is 0.360. The van der Waals surface area contributed by atoms with Gasteiger partial charge >= 0.3 is 0 Å². The Morgan fingerprint density at radius 2 is 2.00 bits per heavy atom. The van der Waals surface area contributed by atoms with Crippen LogP contribution in [0.3, 0.4) is 0 Å². The van der Waals surface area contributed by atoms with Gasteiger partial charge in [0.25, 0.3) is 0 Å². The third-order valence-corrected chi connectivity index (χ3v) is 6.17. The van der Waals surface area contributed by atoms with Crippen LogP contribution in [-0.2, 0) is 0 Å². The van der Waals surface area contributed by atoms with Crippen molar-refractivity contribution in [2.24, 2.45) is 5.92 Å². The Balaban J connectivity index is 1.63. The summed E-state index contributed by atoms with van der Waals surface area (Å²) in [5.41, 5.74) is 2.27. The van der Waals surface area contributed by atoms with Crippen molar-refractivity contribution >= 4 is 5.82 Å². The van der Waals surface area contributed by atoms with Gasteiger partial charge in [-0.3, -0.25) is 0 Å². The van der Waals surface area contributed by atoms with Crippen molar-refractivity contribution in [3.8, 4) is 28.8 Å². The molecule has 2 N–H and O–H groups in total. The van der Waals surface area contributed by atoms with Crippen molar-refractivity contribution in [3.05, 3.63) is 59.9 Å². The summed E-state index contributed by atoms with van der Waals surface area (Å²) in [4.78, 5) is 0. The Labute approximate surface area is 188 Å². The summed E-state index contributed by atoms with van der Waals surface area (Å²) < 4.78 is 21.4. The molecule has 1 aliphatic rings. The monoisotopic (exact) mass is 433 g/mol. The summed E-state index contributed by atoms with van der Waals surface area (Å²) in [7, 11) is 3.65. The van der Waals surface area contributed by atoms with Crippen LogP contribution in [0.1, 0.15) is 31.2 Å². The fourth-order valence-corrected chi connectivity index (χ4v) is 4.35. The first-order chi connectivity index (χ1) is 15.6. The lowest BCUT2D eigenvalue weighted by molar-refractivity contribution is 0.306. The largest absolute Gasteiger partial charge is 0.497 e. The molecule has 1 heterocycles. The number of rotatable bonds is 7. The number of hydrogen-bond donors (Lipinski definition) is 2. The molecule has 7 heteroatoms. The summed E-state index contributed by atoms with van der Waals surface area (Å²) in [6, 6.07) is 16.6. The SMILES string of the molecule is CN[C@H]1CCC[C@@H](CNc2cc(-c3ccc(C#N)c(F)c3)n(-c3ccc(OC)cc3)n2)C1. The van der Waals surface area contributed by atoms with Crippen LogP contribution < -0.4 is 15.4 Å². The molecular formula is C25H28FN5O. The minimum Gasteiger partial charge on any atom is -0.497 e. The number of nitriles is 1. The zero-order valence-electron chi connectivity index (χ0n) is 18.4. The van der Waals surface area contributed by atoms with Crippen LogP contribution in [0.15, 0.2) is 48.5 Å². The molecule has 1 saturated carbocycles. The maximum atomic E-state index is 14.3. The van der Waals surface area contributed by atoms with E-state index in [1.54, 1.807) is 17.9 Å². The molecule has 0 radical (unpaired) electrons. The van der Waals surface area contributed by atoms with E-state index < -0.39 is 5.82 Å². The predicted octanol–water partition coefficient (Wildman–Crippen LogP) is 4.75. The second-order valence-electron chi connectivity index (χ2n) is 8.23. The lowest BCUT2D eigenvalue weighted by Gasteiger charge is -2.28. The first-order valence-electron chi connectivity index (χ1n) is 11.0. The predicted molar refractivity (Wildman–Crippen MR) is 124 cm³/mol. The average Bonchev–Trinajstić information content (AvgIpc) is 3.27. The van der Waals surface area contributed by atoms with Gasteiger partial charge in [0.05, 0.1) is 24.1 Å². The van der Waals surface area contributed by atoms with E-state index in [-0.39, 0.29) is 5.56 Å². The van der Waals surface area contributed by atoms with Crippen LogP contribution >= 0.6 is 0 Å². The minimum absolute atomic E-state index is 0.0268. The number of hydrogen-bond acceptors (Lipinski definition) is 5. The highest BCUT2D eigenvalue weighted by Crippen LogP contribution is 2.29. The number of aromatic nitrogens is 2. The highest BCUT2D eigenvalue weighted by Gasteiger charge is 2.21. The van der Waals surface area contributed by atoms with Gasteiger partial charge in [0.15, 0.2) is 0 Å².